The molecule has 0 amide bonds. The lowest BCUT2D eigenvalue weighted by Crippen LogP contribution is -1.93. The van der Waals surface area contributed by atoms with Gasteiger partial charge in [0.2, 0.25) is 0 Å². The first-order valence-electron chi connectivity index (χ1n) is 5.53. The van der Waals surface area contributed by atoms with Crippen LogP contribution in [0, 0.1) is 6.92 Å². The SMILES string of the molecule is Cc1cc2nc(-c3ccc(Cl)cc3)c(Cl)n2nc1Cl. The number of imidazole rings is 1. The second-order valence-electron chi connectivity index (χ2n) is 4.15. The maximum Gasteiger partial charge on any atom is 0.159 e. The Morgan fingerprint density at radius 3 is 2.42 bits per heavy atom. The zero-order chi connectivity index (χ0) is 13.6. The van der Waals surface area contributed by atoms with Gasteiger partial charge in [0.25, 0.3) is 0 Å². The van der Waals surface area contributed by atoms with Crippen molar-refractivity contribution in [2.75, 3.05) is 0 Å². The molecule has 0 aliphatic rings. The van der Waals surface area contributed by atoms with Crippen molar-refractivity contribution >= 4 is 40.4 Å². The van der Waals surface area contributed by atoms with Crippen LogP contribution in [0.15, 0.2) is 30.3 Å². The number of nitrogens with zero attached hydrogens (tertiary/aromatic N) is 3. The molecule has 2 heterocycles. The summed E-state index contributed by atoms with van der Waals surface area (Å²) in [5.74, 6) is 0. The summed E-state index contributed by atoms with van der Waals surface area (Å²) >= 11 is 18.2. The molecule has 0 saturated carbocycles. The molecule has 19 heavy (non-hydrogen) atoms. The first kappa shape index (κ1) is 12.7. The van der Waals surface area contributed by atoms with Crippen LogP contribution in [-0.4, -0.2) is 14.6 Å². The van der Waals surface area contributed by atoms with Gasteiger partial charge < -0.3 is 0 Å². The molecule has 0 atom stereocenters. The van der Waals surface area contributed by atoms with E-state index in [0.717, 1.165) is 11.1 Å². The summed E-state index contributed by atoms with van der Waals surface area (Å²) in [7, 11) is 0. The van der Waals surface area contributed by atoms with Crippen molar-refractivity contribution in [3.8, 4) is 11.3 Å². The highest BCUT2D eigenvalue weighted by molar-refractivity contribution is 6.33. The minimum absolute atomic E-state index is 0.412. The van der Waals surface area contributed by atoms with E-state index >= 15 is 0 Å². The molecule has 0 N–H and O–H groups in total. The predicted molar refractivity (Wildman–Crippen MR) is 78.2 cm³/mol. The van der Waals surface area contributed by atoms with Crippen molar-refractivity contribution in [3.63, 3.8) is 0 Å². The number of benzene rings is 1. The van der Waals surface area contributed by atoms with Gasteiger partial charge in [-0.05, 0) is 30.7 Å². The van der Waals surface area contributed by atoms with Crippen LogP contribution in [-0.2, 0) is 0 Å². The van der Waals surface area contributed by atoms with Gasteiger partial charge in [-0.1, -0.05) is 46.9 Å². The summed E-state index contributed by atoms with van der Waals surface area (Å²) in [6.07, 6.45) is 0. The lowest BCUT2D eigenvalue weighted by molar-refractivity contribution is 0.928. The molecular formula is C13H8Cl3N3. The highest BCUT2D eigenvalue weighted by Gasteiger charge is 2.14. The topological polar surface area (TPSA) is 30.2 Å². The van der Waals surface area contributed by atoms with Crippen molar-refractivity contribution < 1.29 is 0 Å². The van der Waals surface area contributed by atoms with Gasteiger partial charge >= 0.3 is 0 Å². The monoisotopic (exact) mass is 311 g/mol. The van der Waals surface area contributed by atoms with Crippen LogP contribution in [0.1, 0.15) is 5.56 Å². The van der Waals surface area contributed by atoms with E-state index in [2.05, 4.69) is 10.1 Å². The molecule has 0 radical (unpaired) electrons. The number of rotatable bonds is 1. The van der Waals surface area contributed by atoms with Gasteiger partial charge in [0.1, 0.15) is 5.69 Å². The van der Waals surface area contributed by atoms with Crippen LogP contribution in [0.25, 0.3) is 16.9 Å². The molecule has 0 unspecified atom stereocenters. The molecule has 3 nitrogen and oxygen atoms in total. The molecule has 0 spiro atoms. The van der Waals surface area contributed by atoms with Crippen molar-refractivity contribution in [3.05, 3.63) is 51.2 Å². The van der Waals surface area contributed by atoms with Crippen molar-refractivity contribution in [1.82, 2.24) is 14.6 Å². The molecule has 0 bridgehead atoms. The van der Waals surface area contributed by atoms with Crippen LogP contribution < -0.4 is 0 Å². The smallest absolute Gasteiger partial charge is 0.159 e. The second-order valence-corrected chi connectivity index (χ2v) is 5.30. The third-order valence-corrected chi connectivity index (χ3v) is 3.77. The van der Waals surface area contributed by atoms with Crippen LogP contribution in [0.2, 0.25) is 15.3 Å². The quantitative estimate of drug-likeness (QED) is 0.654. The Hall–Kier alpha value is -1.29. The zero-order valence-electron chi connectivity index (χ0n) is 9.86. The largest absolute Gasteiger partial charge is 0.225 e. The molecule has 96 valence electrons. The van der Waals surface area contributed by atoms with Gasteiger partial charge in [0.05, 0.1) is 0 Å². The van der Waals surface area contributed by atoms with Gasteiger partial charge in [-0.3, -0.25) is 0 Å². The van der Waals surface area contributed by atoms with E-state index in [4.69, 9.17) is 34.8 Å². The van der Waals surface area contributed by atoms with E-state index in [-0.39, 0.29) is 0 Å². The van der Waals surface area contributed by atoms with E-state index in [9.17, 15) is 0 Å². The minimum Gasteiger partial charge on any atom is -0.225 e. The van der Waals surface area contributed by atoms with Gasteiger partial charge in [-0.2, -0.15) is 5.10 Å². The van der Waals surface area contributed by atoms with Crippen molar-refractivity contribution in [1.29, 1.82) is 0 Å². The molecule has 0 aliphatic carbocycles. The Kier molecular flexibility index (Phi) is 3.13. The molecule has 2 aromatic heterocycles. The summed E-state index contributed by atoms with van der Waals surface area (Å²) in [6.45, 7) is 1.87. The fourth-order valence-corrected chi connectivity index (χ4v) is 2.34. The molecule has 3 aromatic rings. The van der Waals surface area contributed by atoms with Gasteiger partial charge in [-0.25, -0.2) is 9.50 Å². The molecule has 0 saturated heterocycles. The van der Waals surface area contributed by atoms with Gasteiger partial charge in [-0.15, -0.1) is 0 Å². The average molecular weight is 313 g/mol. The van der Waals surface area contributed by atoms with E-state index in [1.54, 1.807) is 12.1 Å². The predicted octanol–water partition coefficient (Wildman–Crippen LogP) is 4.66. The van der Waals surface area contributed by atoms with E-state index in [0.29, 0.717) is 26.7 Å². The number of hydrogen-bond donors (Lipinski definition) is 0. The number of aryl methyl sites for hydroxylation is 1. The lowest BCUT2D eigenvalue weighted by atomic mass is 10.2. The lowest BCUT2D eigenvalue weighted by Gasteiger charge is -1.99. The third kappa shape index (κ3) is 2.18. The third-order valence-electron chi connectivity index (χ3n) is 2.80. The zero-order valence-corrected chi connectivity index (χ0v) is 12.1. The fourth-order valence-electron chi connectivity index (χ4n) is 1.81. The summed E-state index contributed by atoms with van der Waals surface area (Å²) < 4.78 is 1.53. The Morgan fingerprint density at radius 2 is 1.74 bits per heavy atom. The minimum atomic E-state index is 0.412. The first-order chi connectivity index (χ1) is 9.06. The average Bonchev–Trinajstić information content (AvgIpc) is 2.69. The van der Waals surface area contributed by atoms with Crippen molar-refractivity contribution in [2.45, 2.75) is 6.92 Å². The summed E-state index contributed by atoms with van der Waals surface area (Å²) in [6, 6.07) is 9.17. The number of fused-ring (bicyclic) bond motifs is 1. The summed E-state index contributed by atoms with van der Waals surface area (Å²) in [5.41, 5.74) is 3.07. The highest BCUT2D eigenvalue weighted by atomic mass is 35.5. The molecule has 6 heteroatoms. The van der Waals surface area contributed by atoms with Gasteiger partial charge in [0.15, 0.2) is 16.0 Å². The second kappa shape index (κ2) is 4.67. The maximum absolute atomic E-state index is 6.30. The standard InChI is InChI=1S/C13H8Cl3N3/c1-7-6-10-17-11(8-2-4-9(14)5-3-8)13(16)19(10)18-12(7)15/h2-6H,1H3. The Labute approximate surface area is 124 Å². The molecule has 3 rings (SSSR count). The number of hydrogen-bond acceptors (Lipinski definition) is 2. The van der Waals surface area contributed by atoms with Crippen LogP contribution in [0.3, 0.4) is 0 Å². The maximum atomic E-state index is 6.30. The van der Waals surface area contributed by atoms with Crippen LogP contribution in [0.5, 0.6) is 0 Å². The first-order valence-corrected chi connectivity index (χ1v) is 6.67. The number of halogens is 3. The van der Waals surface area contributed by atoms with Crippen molar-refractivity contribution in [2.24, 2.45) is 0 Å². The Bertz CT molecular complexity index is 763. The molecule has 1 aromatic carbocycles. The summed E-state index contributed by atoms with van der Waals surface area (Å²) in [4.78, 5) is 4.48. The van der Waals surface area contributed by atoms with Crippen LogP contribution in [0.4, 0.5) is 0 Å². The van der Waals surface area contributed by atoms with Crippen LogP contribution >= 0.6 is 34.8 Å². The normalized spacial score (nSPS) is 11.2. The molecule has 0 fully saturated rings. The molecular weight excluding hydrogens is 305 g/mol. The summed E-state index contributed by atoms with van der Waals surface area (Å²) in [5, 5.41) is 5.71. The van der Waals surface area contributed by atoms with E-state index in [1.807, 2.05) is 25.1 Å². The van der Waals surface area contributed by atoms with E-state index in [1.165, 1.54) is 4.52 Å². The highest BCUT2D eigenvalue weighted by Crippen LogP contribution is 2.29. The fraction of sp³-hybridized carbons (Fsp3) is 0.0769. The number of aromatic nitrogens is 3. The molecule has 0 aliphatic heterocycles. The van der Waals surface area contributed by atoms with Gasteiger partial charge in [0, 0.05) is 10.6 Å². The Balaban J connectivity index is 2.25. The van der Waals surface area contributed by atoms with E-state index < -0.39 is 0 Å². The Morgan fingerprint density at radius 1 is 1.05 bits per heavy atom.